The van der Waals surface area contributed by atoms with Gasteiger partial charge in [-0.2, -0.15) is 0 Å². The summed E-state index contributed by atoms with van der Waals surface area (Å²) < 4.78 is 26.8. The first kappa shape index (κ1) is 16.2. The summed E-state index contributed by atoms with van der Waals surface area (Å²) >= 11 is 3.23. The third-order valence-corrected chi connectivity index (χ3v) is 3.71. The van der Waals surface area contributed by atoms with Crippen LogP contribution in [0.2, 0.25) is 0 Å². The number of hydrogen-bond acceptors (Lipinski definition) is 1. The monoisotopic (exact) mass is 363 g/mol. The van der Waals surface area contributed by atoms with Crippen LogP contribution in [0, 0.1) is 24.0 Å². The van der Waals surface area contributed by atoms with Gasteiger partial charge in [0.1, 0.15) is 11.6 Å². The van der Waals surface area contributed by atoms with Crippen molar-refractivity contribution < 1.29 is 13.6 Å². The predicted molar refractivity (Wildman–Crippen MR) is 84.1 cm³/mol. The molecule has 112 valence electrons. The molecule has 2 rings (SSSR count). The van der Waals surface area contributed by atoms with Gasteiger partial charge < -0.3 is 4.90 Å². The molecule has 2 aromatic rings. The Bertz CT molecular complexity index is 722. The van der Waals surface area contributed by atoms with Crippen LogP contribution in [0.3, 0.4) is 0 Å². The van der Waals surface area contributed by atoms with Gasteiger partial charge in [0.25, 0.3) is 5.91 Å². The fraction of sp³-hybridized carbons (Fsp3) is 0.118. The van der Waals surface area contributed by atoms with Crippen molar-refractivity contribution in [1.29, 1.82) is 0 Å². The molecule has 1 amide bonds. The van der Waals surface area contributed by atoms with E-state index in [0.717, 1.165) is 11.6 Å². The van der Waals surface area contributed by atoms with Crippen LogP contribution in [0.15, 0.2) is 46.9 Å². The van der Waals surface area contributed by atoms with Gasteiger partial charge in [0, 0.05) is 11.0 Å². The highest BCUT2D eigenvalue weighted by Crippen LogP contribution is 2.20. The van der Waals surface area contributed by atoms with E-state index in [-0.39, 0.29) is 24.5 Å². The number of terminal acetylenes is 1. The molecule has 0 saturated carbocycles. The molecular weight excluding hydrogens is 352 g/mol. The van der Waals surface area contributed by atoms with Gasteiger partial charge in [-0.05, 0) is 51.8 Å². The second-order valence-corrected chi connectivity index (χ2v) is 5.47. The molecule has 2 nitrogen and oxygen atoms in total. The Hall–Kier alpha value is -2.19. The second kappa shape index (κ2) is 7.19. The van der Waals surface area contributed by atoms with Crippen molar-refractivity contribution in [1.82, 2.24) is 4.90 Å². The third kappa shape index (κ3) is 3.92. The van der Waals surface area contributed by atoms with Crippen LogP contribution >= 0.6 is 15.9 Å². The van der Waals surface area contributed by atoms with Crippen LogP contribution in [-0.4, -0.2) is 17.4 Å². The zero-order valence-electron chi connectivity index (χ0n) is 11.5. The van der Waals surface area contributed by atoms with Crippen LogP contribution in [0.1, 0.15) is 15.9 Å². The van der Waals surface area contributed by atoms with E-state index in [1.807, 2.05) is 0 Å². The highest BCUT2D eigenvalue weighted by atomic mass is 79.9. The minimum absolute atomic E-state index is 0.0686. The standard InChI is InChI=1S/C17H12BrF2NO/c1-2-9-21(11-12-3-5-13(19)6-4-12)17(22)15-10-14(20)7-8-16(15)18/h1,3-8,10H,9,11H2. The summed E-state index contributed by atoms with van der Waals surface area (Å²) in [6, 6.07) is 9.65. The number of carbonyl (C=O) groups excluding carboxylic acids is 1. The maximum atomic E-state index is 13.4. The molecule has 0 heterocycles. The van der Waals surface area contributed by atoms with E-state index in [2.05, 4.69) is 21.9 Å². The fourth-order valence-corrected chi connectivity index (χ4v) is 2.37. The Balaban J connectivity index is 2.27. The maximum absolute atomic E-state index is 13.4. The van der Waals surface area contributed by atoms with Crippen LogP contribution in [0.25, 0.3) is 0 Å². The van der Waals surface area contributed by atoms with Gasteiger partial charge in [-0.25, -0.2) is 8.78 Å². The van der Waals surface area contributed by atoms with Crippen LogP contribution < -0.4 is 0 Å². The Morgan fingerprint density at radius 3 is 2.41 bits per heavy atom. The Morgan fingerprint density at radius 2 is 1.77 bits per heavy atom. The van der Waals surface area contributed by atoms with E-state index in [1.54, 1.807) is 12.1 Å². The number of amides is 1. The number of rotatable bonds is 4. The van der Waals surface area contributed by atoms with Gasteiger partial charge in [0.15, 0.2) is 0 Å². The lowest BCUT2D eigenvalue weighted by Gasteiger charge is -2.21. The van der Waals surface area contributed by atoms with Gasteiger partial charge >= 0.3 is 0 Å². The molecule has 0 N–H and O–H groups in total. The van der Waals surface area contributed by atoms with Crippen molar-refractivity contribution in [3.05, 3.63) is 69.7 Å². The van der Waals surface area contributed by atoms with Gasteiger partial charge in [0.2, 0.25) is 0 Å². The average molecular weight is 364 g/mol. The largest absolute Gasteiger partial charge is 0.323 e. The SMILES string of the molecule is C#CCN(Cc1ccc(F)cc1)C(=O)c1cc(F)ccc1Br. The van der Waals surface area contributed by atoms with Gasteiger partial charge in [0.05, 0.1) is 12.1 Å². The first-order valence-corrected chi connectivity index (χ1v) is 7.23. The summed E-state index contributed by atoms with van der Waals surface area (Å²) in [5.41, 5.74) is 0.926. The maximum Gasteiger partial charge on any atom is 0.256 e. The van der Waals surface area contributed by atoms with Crippen LogP contribution in [-0.2, 0) is 6.54 Å². The number of hydrogen-bond donors (Lipinski definition) is 0. The minimum Gasteiger partial charge on any atom is -0.323 e. The zero-order chi connectivity index (χ0) is 16.1. The molecule has 22 heavy (non-hydrogen) atoms. The first-order chi connectivity index (χ1) is 10.5. The minimum atomic E-state index is -0.506. The van der Waals surface area contributed by atoms with E-state index in [9.17, 15) is 13.6 Å². The predicted octanol–water partition coefficient (Wildman–Crippen LogP) is 4.00. The molecule has 0 atom stereocenters. The third-order valence-electron chi connectivity index (χ3n) is 3.01. The first-order valence-electron chi connectivity index (χ1n) is 6.43. The fourth-order valence-electron chi connectivity index (χ4n) is 1.95. The lowest BCUT2D eigenvalue weighted by molar-refractivity contribution is 0.0764. The molecule has 2 aromatic carbocycles. The van der Waals surface area contributed by atoms with Crippen molar-refractivity contribution >= 4 is 21.8 Å². The molecule has 0 radical (unpaired) electrons. The highest BCUT2D eigenvalue weighted by molar-refractivity contribution is 9.10. The van der Waals surface area contributed by atoms with Gasteiger partial charge in [-0.3, -0.25) is 4.79 Å². The van der Waals surface area contributed by atoms with Crippen molar-refractivity contribution in [3.8, 4) is 12.3 Å². The van der Waals surface area contributed by atoms with E-state index in [4.69, 9.17) is 6.42 Å². The van der Waals surface area contributed by atoms with Crippen molar-refractivity contribution in [2.75, 3.05) is 6.54 Å². The zero-order valence-corrected chi connectivity index (χ0v) is 13.1. The van der Waals surface area contributed by atoms with Crippen molar-refractivity contribution in [2.24, 2.45) is 0 Å². The molecule has 0 aliphatic rings. The Morgan fingerprint density at radius 1 is 1.14 bits per heavy atom. The molecule has 0 unspecified atom stereocenters. The summed E-state index contributed by atoms with van der Waals surface area (Å²) in [4.78, 5) is 13.9. The van der Waals surface area contributed by atoms with E-state index in [0.29, 0.717) is 4.47 Å². The summed E-state index contributed by atoms with van der Waals surface area (Å²) in [5, 5.41) is 0. The van der Waals surface area contributed by atoms with E-state index >= 15 is 0 Å². The molecule has 0 aromatic heterocycles. The topological polar surface area (TPSA) is 20.3 Å². The quantitative estimate of drug-likeness (QED) is 0.751. The number of carbonyl (C=O) groups is 1. The smallest absolute Gasteiger partial charge is 0.256 e. The molecule has 0 saturated heterocycles. The molecule has 0 fully saturated rings. The van der Waals surface area contributed by atoms with Crippen LogP contribution in [0.4, 0.5) is 8.78 Å². The molecule has 5 heteroatoms. The highest BCUT2D eigenvalue weighted by Gasteiger charge is 2.18. The lowest BCUT2D eigenvalue weighted by Crippen LogP contribution is -2.31. The Labute approximate surface area is 135 Å². The molecule has 0 spiro atoms. The summed E-state index contributed by atoms with van der Waals surface area (Å²) in [6.07, 6.45) is 5.30. The second-order valence-electron chi connectivity index (χ2n) is 4.62. The summed E-state index contributed by atoms with van der Waals surface area (Å²) in [6.45, 7) is 0.283. The molecule has 0 aliphatic carbocycles. The average Bonchev–Trinajstić information content (AvgIpc) is 2.50. The van der Waals surface area contributed by atoms with Gasteiger partial charge in [-0.15, -0.1) is 6.42 Å². The van der Waals surface area contributed by atoms with Crippen molar-refractivity contribution in [2.45, 2.75) is 6.54 Å². The van der Waals surface area contributed by atoms with Crippen molar-refractivity contribution in [3.63, 3.8) is 0 Å². The number of benzene rings is 2. The Kier molecular flexibility index (Phi) is 5.29. The van der Waals surface area contributed by atoms with Gasteiger partial charge in [-0.1, -0.05) is 18.1 Å². The molecule has 0 aliphatic heterocycles. The number of halogens is 3. The lowest BCUT2D eigenvalue weighted by atomic mass is 10.1. The molecule has 0 bridgehead atoms. The van der Waals surface area contributed by atoms with E-state index in [1.165, 1.54) is 29.2 Å². The molecular formula is C17H12BrF2NO. The normalized spacial score (nSPS) is 10.1. The van der Waals surface area contributed by atoms with Crippen LogP contribution in [0.5, 0.6) is 0 Å². The summed E-state index contributed by atoms with van der Waals surface area (Å²) in [7, 11) is 0. The number of nitrogens with zero attached hydrogens (tertiary/aromatic N) is 1. The summed E-state index contributed by atoms with van der Waals surface area (Å²) in [5.74, 6) is 1.15. The van der Waals surface area contributed by atoms with E-state index < -0.39 is 11.7 Å².